The monoisotopic (exact) mass is 157 g/mol. The van der Waals surface area contributed by atoms with E-state index in [2.05, 4.69) is 29.4 Å². The van der Waals surface area contributed by atoms with Gasteiger partial charge in [0.2, 0.25) is 0 Å². The molecule has 2 rings (SSSR count). The maximum atomic E-state index is 8.81. The summed E-state index contributed by atoms with van der Waals surface area (Å²) >= 11 is 0. The molecular weight excluding hydrogens is 150 g/mol. The fourth-order valence-electron chi connectivity index (χ4n) is 0.663. The van der Waals surface area contributed by atoms with Gasteiger partial charge in [-0.1, -0.05) is 24.3 Å². The van der Waals surface area contributed by atoms with Crippen LogP contribution in [0.3, 0.4) is 0 Å². The van der Waals surface area contributed by atoms with Gasteiger partial charge in [0.1, 0.15) is 0 Å². The van der Waals surface area contributed by atoms with Gasteiger partial charge >= 0.3 is 0 Å². The fraction of sp³-hybridized carbons (Fsp3) is 0. The zero-order chi connectivity index (χ0) is 7.56. The molecule has 0 atom stereocenters. The van der Waals surface area contributed by atoms with Crippen LogP contribution >= 0.6 is 0 Å². The Morgan fingerprint density at radius 1 is 1.00 bits per heavy atom. The second-order valence-corrected chi connectivity index (χ2v) is 2.43. The Hall–Kier alpha value is -0.870. The summed E-state index contributed by atoms with van der Waals surface area (Å²) in [5.74, 6) is 0. The van der Waals surface area contributed by atoms with Gasteiger partial charge in [0.15, 0.2) is 10.9 Å². The SMILES string of the molecule is N[SH](=O)=O.c1cc2ccc1-2. The minimum Gasteiger partial charge on any atom is -0.231 e. The van der Waals surface area contributed by atoms with Gasteiger partial charge in [-0.2, -0.15) is 0 Å². The van der Waals surface area contributed by atoms with Crippen LogP contribution in [0.1, 0.15) is 0 Å². The third kappa shape index (κ3) is 1.55. The summed E-state index contributed by atoms with van der Waals surface area (Å²) in [7, 11) is -2.62. The molecule has 2 N–H and O–H groups in total. The molecule has 0 amide bonds. The van der Waals surface area contributed by atoms with Gasteiger partial charge < -0.3 is 0 Å². The lowest BCUT2D eigenvalue weighted by atomic mass is 9.95. The Morgan fingerprint density at radius 2 is 1.20 bits per heavy atom. The van der Waals surface area contributed by atoms with Crippen LogP contribution in [0.2, 0.25) is 0 Å². The molecule has 10 heavy (non-hydrogen) atoms. The first-order valence-corrected chi connectivity index (χ1v) is 3.94. The van der Waals surface area contributed by atoms with Crippen molar-refractivity contribution in [3.63, 3.8) is 0 Å². The molecule has 0 aromatic carbocycles. The zero-order valence-corrected chi connectivity index (χ0v) is 6.04. The number of hydrogen-bond donors (Lipinski definition) is 2. The maximum Gasteiger partial charge on any atom is 0.198 e. The van der Waals surface area contributed by atoms with Crippen LogP contribution in [0.5, 0.6) is 0 Å². The Bertz CT molecular complexity index is 260. The number of thiol groups is 1. The van der Waals surface area contributed by atoms with Crippen LogP contribution in [0, 0.1) is 0 Å². The average molecular weight is 157 g/mol. The van der Waals surface area contributed by atoms with E-state index in [1.807, 2.05) is 0 Å². The standard InChI is InChI=1S/C6H4.H3NO2S/c1-2-6-4-3-5(1)6;1-4(2)3/h1-4H;4H,(H2,1,2,3). The van der Waals surface area contributed by atoms with Crippen molar-refractivity contribution in [2.45, 2.75) is 0 Å². The third-order valence-electron chi connectivity index (χ3n) is 1.22. The van der Waals surface area contributed by atoms with Crippen LogP contribution in [0.25, 0.3) is 11.1 Å². The molecule has 0 fully saturated rings. The van der Waals surface area contributed by atoms with Crippen molar-refractivity contribution in [2.24, 2.45) is 5.14 Å². The van der Waals surface area contributed by atoms with E-state index < -0.39 is 10.9 Å². The van der Waals surface area contributed by atoms with Crippen LogP contribution in [-0.4, -0.2) is 8.42 Å². The maximum absolute atomic E-state index is 8.81. The van der Waals surface area contributed by atoms with Crippen LogP contribution in [0.4, 0.5) is 0 Å². The molecule has 0 radical (unpaired) electrons. The smallest absolute Gasteiger partial charge is 0.198 e. The molecule has 0 aromatic rings. The largest absolute Gasteiger partial charge is 0.231 e. The second-order valence-electron chi connectivity index (χ2n) is 1.86. The Balaban J connectivity index is 0.000000112. The van der Waals surface area contributed by atoms with Crippen molar-refractivity contribution < 1.29 is 8.42 Å². The molecule has 0 saturated heterocycles. The summed E-state index contributed by atoms with van der Waals surface area (Å²) in [6, 6.07) is 8.48. The molecule has 3 nitrogen and oxygen atoms in total. The molecule has 0 unspecified atom stereocenters. The van der Waals surface area contributed by atoms with E-state index in [0.717, 1.165) is 0 Å². The van der Waals surface area contributed by atoms with Crippen LogP contribution in [0.15, 0.2) is 24.3 Å². The van der Waals surface area contributed by atoms with E-state index in [-0.39, 0.29) is 0 Å². The fourth-order valence-corrected chi connectivity index (χ4v) is 0.663. The number of rotatable bonds is 0. The summed E-state index contributed by atoms with van der Waals surface area (Å²) in [6.07, 6.45) is 0. The highest BCUT2D eigenvalue weighted by Crippen LogP contribution is 2.29. The van der Waals surface area contributed by atoms with Crippen molar-refractivity contribution in [1.29, 1.82) is 0 Å². The van der Waals surface area contributed by atoms with Crippen LogP contribution < -0.4 is 5.14 Å². The minimum atomic E-state index is -2.62. The molecular formula is C6H7NO2S. The van der Waals surface area contributed by atoms with Crippen molar-refractivity contribution >= 4 is 10.9 Å². The number of fused-ring (bicyclic) bond motifs is 1. The molecule has 0 spiro atoms. The highest BCUT2D eigenvalue weighted by Gasteiger charge is 2.03. The molecule has 0 heterocycles. The Labute approximate surface area is 60.6 Å². The summed E-state index contributed by atoms with van der Waals surface area (Å²) in [5.41, 5.74) is 2.85. The summed E-state index contributed by atoms with van der Waals surface area (Å²) < 4.78 is 17.6. The molecule has 0 aliphatic heterocycles. The molecule has 2 aliphatic rings. The van der Waals surface area contributed by atoms with Crippen molar-refractivity contribution in [3.8, 4) is 11.1 Å². The lowest BCUT2D eigenvalue weighted by Crippen LogP contribution is -1.85. The average Bonchev–Trinajstić information content (AvgIpc) is 1.77. The van der Waals surface area contributed by atoms with Crippen molar-refractivity contribution in [3.05, 3.63) is 24.3 Å². The third-order valence-corrected chi connectivity index (χ3v) is 1.22. The predicted octanol–water partition coefficient (Wildman–Crippen LogP) is 0.139. The molecule has 0 saturated carbocycles. The van der Waals surface area contributed by atoms with Crippen molar-refractivity contribution in [2.75, 3.05) is 0 Å². The lowest BCUT2D eigenvalue weighted by Gasteiger charge is -2.10. The van der Waals surface area contributed by atoms with Gasteiger partial charge in [0.25, 0.3) is 0 Å². The first-order valence-electron chi connectivity index (χ1n) is 2.69. The number of hydrogen-bond acceptors (Lipinski definition) is 2. The molecule has 0 aromatic heterocycles. The van der Waals surface area contributed by atoms with Gasteiger partial charge in [-0.3, -0.25) is 0 Å². The lowest BCUT2D eigenvalue weighted by molar-refractivity contribution is 0.616. The van der Waals surface area contributed by atoms with Gasteiger partial charge in [-0.15, -0.1) is 0 Å². The van der Waals surface area contributed by atoms with E-state index >= 15 is 0 Å². The van der Waals surface area contributed by atoms with E-state index in [0.29, 0.717) is 0 Å². The summed E-state index contributed by atoms with van der Waals surface area (Å²) in [6.45, 7) is 0. The minimum absolute atomic E-state index is 1.43. The topological polar surface area (TPSA) is 60.2 Å². The van der Waals surface area contributed by atoms with E-state index in [4.69, 9.17) is 8.42 Å². The predicted molar refractivity (Wildman–Crippen MR) is 39.9 cm³/mol. The summed E-state index contributed by atoms with van der Waals surface area (Å²) in [4.78, 5) is 0. The number of benzene rings is 1. The zero-order valence-electron chi connectivity index (χ0n) is 5.15. The Kier molecular flexibility index (Phi) is 2.03. The molecule has 54 valence electrons. The molecule has 4 heteroatoms. The van der Waals surface area contributed by atoms with Gasteiger partial charge in [0, 0.05) is 0 Å². The van der Waals surface area contributed by atoms with E-state index in [9.17, 15) is 0 Å². The first-order chi connectivity index (χ1) is 4.70. The Morgan fingerprint density at radius 3 is 1.20 bits per heavy atom. The number of nitrogens with two attached hydrogens (primary N) is 1. The van der Waals surface area contributed by atoms with Gasteiger partial charge in [-0.05, 0) is 11.1 Å². The quantitative estimate of drug-likeness (QED) is 0.534. The highest BCUT2D eigenvalue weighted by molar-refractivity contribution is 7.69. The van der Waals surface area contributed by atoms with E-state index in [1.54, 1.807) is 0 Å². The normalized spacial score (nSPS) is 10.2. The van der Waals surface area contributed by atoms with E-state index in [1.165, 1.54) is 11.1 Å². The second kappa shape index (κ2) is 2.81. The molecule has 0 bridgehead atoms. The molecule has 2 aliphatic carbocycles. The van der Waals surface area contributed by atoms with Crippen molar-refractivity contribution in [1.82, 2.24) is 0 Å². The van der Waals surface area contributed by atoms with Crippen LogP contribution in [-0.2, 0) is 10.9 Å². The van der Waals surface area contributed by atoms with Gasteiger partial charge in [0.05, 0.1) is 0 Å². The van der Waals surface area contributed by atoms with Gasteiger partial charge in [-0.25, -0.2) is 13.6 Å². The first kappa shape index (κ1) is 7.24. The highest BCUT2D eigenvalue weighted by atomic mass is 32.2. The summed E-state index contributed by atoms with van der Waals surface area (Å²) in [5, 5.41) is 4.06.